The van der Waals surface area contributed by atoms with Crippen molar-refractivity contribution in [1.82, 2.24) is 4.31 Å². The largest absolute Gasteiger partial charge is 0.402 e. The average Bonchev–Trinajstić information content (AvgIpc) is 2.63. The lowest BCUT2D eigenvalue weighted by Gasteiger charge is -2.21. The normalized spacial score (nSPS) is 13.2. The van der Waals surface area contributed by atoms with Crippen LogP contribution in [0.25, 0.3) is 0 Å². The molecule has 0 aliphatic heterocycles. The van der Waals surface area contributed by atoms with Gasteiger partial charge in [0.2, 0.25) is 0 Å². The number of rotatable bonds is 5. The third-order valence-corrected chi connectivity index (χ3v) is 5.55. The predicted octanol–water partition coefficient (Wildman–Crippen LogP) is 3.19. The van der Waals surface area contributed by atoms with Crippen LogP contribution in [0.4, 0.5) is 13.2 Å². The Balaban J connectivity index is 3.04. The van der Waals surface area contributed by atoms with Gasteiger partial charge < -0.3 is 0 Å². The van der Waals surface area contributed by atoms with E-state index in [1.54, 1.807) is 0 Å². The van der Waals surface area contributed by atoms with Crippen molar-refractivity contribution in [2.45, 2.75) is 10.4 Å². The molecule has 0 fully saturated rings. The van der Waals surface area contributed by atoms with Gasteiger partial charge in [0.1, 0.15) is 10.8 Å². The van der Waals surface area contributed by atoms with Crippen molar-refractivity contribution in [2.75, 3.05) is 19.0 Å². The maximum atomic E-state index is 12.3. The van der Waals surface area contributed by atoms with E-state index in [-0.39, 0.29) is 14.4 Å². The molecule has 0 spiro atoms. The summed E-state index contributed by atoms with van der Waals surface area (Å²) >= 11 is 11.6. The zero-order valence-electron chi connectivity index (χ0n) is 8.75. The highest BCUT2D eigenvalue weighted by Crippen LogP contribution is 2.29. The van der Waals surface area contributed by atoms with Crippen molar-refractivity contribution >= 4 is 44.6 Å². The summed E-state index contributed by atoms with van der Waals surface area (Å²) in [5.41, 5.74) is 0. The van der Waals surface area contributed by atoms with Gasteiger partial charge in [-0.05, 0) is 12.1 Å². The van der Waals surface area contributed by atoms with Crippen LogP contribution in [0.5, 0.6) is 0 Å². The van der Waals surface area contributed by atoms with Gasteiger partial charge in [0.15, 0.2) is 0 Å². The molecule has 0 bridgehead atoms. The van der Waals surface area contributed by atoms with Crippen LogP contribution >= 0.6 is 34.5 Å². The molecule has 1 aromatic heterocycles. The number of nitrogens with zero attached hydrogens (tertiary/aromatic N) is 1. The number of halogens is 5. The van der Waals surface area contributed by atoms with Crippen LogP contribution < -0.4 is 0 Å². The SMILES string of the molecule is O=S(=O)(c1ccc(Cl)s1)N(CCCl)CC(F)(F)F. The van der Waals surface area contributed by atoms with Gasteiger partial charge in [0.25, 0.3) is 10.0 Å². The Morgan fingerprint density at radius 2 is 1.94 bits per heavy atom. The second-order valence-electron chi connectivity index (χ2n) is 3.20. The molecule has 1 aromatic rings. The first-order valence-electron chi connectivity index (χ1n) is 4.55. The van der Waals surface area contributed by atoms with Crippen LogP contribution in [-0.4, -0.2) is 37.9 Å². The minimum absolute atomic E-state index is 0.186. The predicted molar refractivity (Wildman–Crippen MR) is 64.9 cm³/mol. The number of hydrogen-bond acceptors (Lipinski definition) is 3. The van der Waals surface area contributed by atoms with Crippen molar-refractivity contribution in [3.8, 4) is 0 Å². The second-order valence-corrected chi connectivity index (χ2v) is 7.46. The van der Waals surface area contributed by atoms with Gasteiger partial charge in [-0.1, -0.05) is 11.6 Å². The van der Waals surface area contributed by atoms with Crippen LogP contribution in [0.2, 0.25) is 4.34 Å². The lowest BCUT2D eigenvalue weighted by Crippen LogP contribution is -2.39. The third-order valence-electron chi connectivity index (χ3n) is 1.83. The van der Waals surface area contributed by atoms with Crippen molar-refractivity contribution in [3.05, 3.63) is 16.5 Å². The fourth-order valence-electron chi connectivity index (χ4n) is 1.14. The van der Waals surface area contributed by atoms with Gasteiger partial charge in [-0.15, -0.1) is 22.9 Å². The highest BCUT2D eigenvalue weighted by molar-refractivity contribution is 7.91. The van der Waals surface area contributed by atoms with Crippen molar-refractivity contribution in [3.63, 3.8) is 0 Å². The Bertz CT molecular complexity index is 501. The number of hydrogen-bond donors (Lipinski definition) is 0. The lowest BCUT2D eigenvalue weighted by molar-refractivity contribution is -0.135. The van der Waals surface area contributed by atoms with Gasteiger partial charge >= 0.3 is 6.18 Å². The number of thiophene rings is 1. The monoisotopic (exact) mass is 341 g/mol. The zero-order valence-corrected chi connectivity index (χ0v) is 11.9. The van der Waals surface area contributed by atoms with Gasteiger partial charge in [0.05, 0.1) is 4.34 Å². The highest BCUT2D eigenvalue weighted by Gasteiger charge is 2.37. The van der Waals surface area contributed by atoms with Crippen LogP contribution in [0.15, 0.2) is 16.3 Å². The van der Waals surface area contributed by atoms with E-state index in [2.05, 4.69) is 0 Å². The topological polar surface area (TPSA) is 37.4 Å². The van der Waals surface area contributed by atoms with Gasteiger partial charge in [-0.25, -0.2) is 8.42 Å². The molecule has 0 unspecified atom stereocenters. The first-order chi connectivity index (χ1) is 8.16. The fourth-order valence-corrected chi connectivity index (χ4v) is 4.51. The van der Waals surface area contributed by atoms with E-state index < -0.39 is 29.3 Å². The summed E-state index contributed by atoms with van der Waals surface area (Å²) in [7, 11) is -4.21. The molecule has 0 aromatic carbocycles. The molecule has 10 heteroatoms. The Morgan fingerprint density at radius 3 is 2.33 bits per heavy atom. The molecule has 0 radical (unpaired) electrons. The maximum Gasteiger partial charge on any atom is 0.402 e. The van der Waals surface area contributed by atoms with E-state index >= 15 is 0 Å². The average molecular weight is 342 g/mol. The summed E-state index contributed by atoms with van der Waals surface area (Å²) in [4.78, 5) is 0. The van der Waals surface area contributed by atoms with E-state index in [0.717, 1.165) is 0 Å². The molecule has 0 N–H and O–H groups in total. The summed E-state index contributed by atoms with van der Waals surface area (Å²) < 4.78 is 61.0. The molecule has 0 atom stereocenters. The van der Waals surface area contributed by atoms with E-state index in [1.165, 1.54) is 12.1 Å². The third kappa shape index (κ3) is 4.27. The van der Waals surface area contributed by atoms with Crippen molar-refractivity contribution in [2.24, 2.45) is 0 Å². The molecule has 0 aliphatic rings. The summed E-state index contributed by atoms with van der Waals surface area (Å²) in [6.07, 6.45) is -4.62. The molecular formula is C8H8Cl2F3NO2S2. The van der Waals surface area contributed by atoms with Crippen LogP contribution in [-0.2, 0) is 10.0 Å². The minimum atomic E-state index is -4.62. The van der Waals surface area contributed by atoms with E-state index in [9.17, 15) is 21.6 Å². The molecule has 0 aliphatic carbocycles. The van der Waals surface area contributed by atoms with Crippen molar-refractivity contribution < 1.29 is 21.6 Å². The number of alkyl halides is 4. The molecule has 1 rings (SSSR count). The summed E-state index contributed by atoms with van der Waals surface area (Å²) in [5, 5.41) is 0. The first-order valence-corrected chi connectivity index (χ1v) is 7.72. The van der Waals surface area contributed by atoms with E-state index in [1.807, 2.05) is 0 Å². The Labute approximate surface area is 116 Å². The fraction of sp³-hybridized carbons (Fsp3) is 0.500. The first kappa shape index (κ1) is 16.0. The standard InChI is InChI=1S/C8H8Cl2F3NO2S2/c9-3-4-14(5-8(11,12)13)18(15,16)7-2-1-6(10)17-7/h1-2H,3-5H2. The van der Waals surface area contributed by atoms with Crippen LogP contribution in [0, 0.1) is 0 Å². The summed E-state index contributed by atoms with van der Waals surface area (Å²) in [6.45, 7) is -1.99. The van der Waals surface area contributed by atoms with Crippen molar-refractivity contribution in [1.29, 1.82) is 0 Å². The van der Waals surface area contributed by atoms with Gasteiger partial charge in [-0.2, -0.15) is 17.5 Å². The molecule has 1 heterocycles. The molecular weight excluding hydrogens is 334 g/mol. The number of sulfonamides is 1. The molecule has 0 amide bonds. The quantitative estimate of drug-likeness (QED) is 0.771. The second kappa shape index (κ2) is 5.96. The van der Waals surface area contributed by atoms with Crippen LogP contribution in [0.1, 0.15) is 0 Å². The zero-order chi connectivity index (χ0) is 14.0. The highest BCUT2D eigenvalue weighted by atomic mass is 35.5. The Kier molecular flexibility index (Phi) is 5.31. The van der Waals surface area contributed by atoms with Gasteiger partial charge in [0, 0.05) is 12.4 Å². The van der Waals surface area contributed by atoms with Gasteiger partial charge in [-0.3, -0.25) is 0 Å². The Morgan fingerprint density at radius 1 is 1.33 bits per heavy atom. The Hall–Kier alpha value is -0.0200. The molecule has 0 saturated carbocycles. The molecule has 3 nitrogen and oxygen atoms in total. The summed E-state index contributed by atoms with van der Waals surface area (Å²) in [5.74, 6) is -0.228. The molecule has 104 valence electrons. The summed E-state index contributed by atoms with van der Waals surface area (Å²) in [6, 6.07) is 2.48. The lowest BCUT2D eigenvalue weighted by atomic mass is 10.6. The van der Waals surface area contributed by atoms with Crippen LogP contribution in [0.3, 0.4) is 0 Å². The van der Waals surface area contributed by atoms with E-state index in [0.29, 0.717) is 15.6 Å². The minimum Gasteiger partial charge on any atom is -0.206 e. The maximum absolute atomic E-state index is 12.3. The molecule has 0 saturated heterocycles. The molecule has 18 heavy (non-hydrogen) atoms. The smallest absolute Gasteiger partial charge is 0.206 e. The van der Waals surface area contributed by atoms with E-state index in [4.69, 9.17) is 23.2 Å².